The van der Waals surface area contributed by atoms with Crippen molar-refractivity contribution in [1.82, 2.24) is 4.31 Å². The number of methoxy groups -OCH3 is 1. The Morgan fingerprint density at radius 1 is 1.12 bits per heavy atom. The van der Waals surface area contributed by atoms with Crippen molar-refractivity contribution in [1.29, 1.82) is 0 Å². The van der Waals surface area contributed by atoms with Gasteiger partial charge in [0.2, 0.25) is 10.0 Å². The van der Waals surface area contributed by atoms with Crippen molar-refractivity contribution in [3.05, 3.63) is 65.9 Å². The van der Waals surface area contributed by atoms with Crippen molar-refractivity contribution in [2.45, 2.75) is 17.9 Å². The van der Waals surface area contributed by atoms with Crippen molar-refractivity contribution in [2.24, 2.45) is 0 Å². The van der Waals surface area contributed by atoms with E-state index >= 15 is 0 Å². The monoisotopic (exact) mass is 373 g/mol. The van der Waals surface area contributed by atoms with Gasteiger partial charge in [-0.3, -0.25) is 0 Å². The van der Waals surface area contributed by atoms with E-state index in [1.54, 1.807) is 6.92 Å². The van der Waals surface area contributed by atoms with E-state index in [1.165, 1.54) is 42.7 Å². The lowest BCUT2D eigenvalue weighted by Gasteiger charge is -2.23. The molecule has 1 unspecified atom stereocenters. The van der Waals surface area contributed by atoms with Crippen molar-refractivity contribution < 1.29 is 22.4 Å². The molecule has 0 fully saturated rings. The second-order valence-corrected chi connectivity index (χ2v) is 7.90. The third-order valence-corrected chi connectivity index (χ3v) is 6.26. The highest BCUT2D eigenvalue weighted by atomic mass is 32.2. The molecule has 0 saturated carbocycles. The first kappa shape index (κ1) is 18.2. The molecule has 0 spiro atoms. The quantitative estimate of drug-likeness (QED) is 0.639. The molecule has 0 bridgehead atoms. The molecule has 0 aliphatic rings. The summed E-state index contributed by atoms with van der Waals surface area (Å²) in [5.41, 5.74) is 0.881. The van der Waals surface area contributed by atoms with Gasteiger partial charge in [-0.15, -0.1) is 0 Å². The van der Waals surface area contributed by atoms with Gasteiger partial charge in [0.15, 0.2) is 0 Å². The lowest BCUT2D eigenvalue weighted by Crippen LogP contribution is -2.29. The Morgan fingerprint density at radius 2 is 1.85 bits per heavy atom. The summed E-state index contributed by atoms with van der Waals surface area (Å²) >= 11 is 0. The zero-order chi connectivity index (χ0) is 18.9. The number of nitrogens with zero attached hydrogens (tertiary/aromatic N) is 1. The Labute approximate surface area is 152 Å². The van der Waals surface area contributed by atoms with Gasteiger partial charge in [-0.05, 0) is 37.3 Å². The highest BCUT2D eigenvalue weighted by Crippen LogP contribution is 2.30. The van der Waals surface area contributed by atoms with Gasteiger partial charge in [0.1, 0.15) is 11.3 Å². The first-order valence-electron chi connectivity index (χ1n) is 7.99. The number of benzene rings is 2. The van der Waals surface area contributed by atoms with Gasteiger partial charge in [-0.2, -0.15) is 4.31 Å². The van der Waals surface area contributed by atoms with Crippen molar-refractivity contribution >= 4 is 27.0 Å². The Balaban J connectivity index is 1.94. The molecule has 1 atom stereocenters. The average molecular weight is 373 g/mol. The number of hydrogen-bond donors (Lipinski definition) is 0. The number of carbonyl (C=O) groups is 1. The fourth-order valence-electron chi connectivity index (χ4n) is 2.66. The second-order valence-electron chi connectivity index (χ2n) is 5.90. The summed E-state index contributed by atoms with van der Waals surface area (Å²) in [5.74, 6) is -0.0450. The Kier molecular flexibility index (Phi) is 4.84. The number of fused-ring (bicyclic) bond motifs is 1. The average Bonchev–Trinajstić information content (AvgIpc) is 3.10. The maximum absolute atomic E-state index is 13.0. The first-order valence-corrected chi connectivity index (χ1v) is 9.43. The molecular weight excluding hydrogens is 354 g/mol. The van der Waals surface area contributed by atoms with E-state index < -0.39 is 22.0 Å². The SMILES string of the molecule is COC(=O)c1cccc(S(=O)(=O)N(C)C(C)c2cc3ccccc3o2)c1. The molecular formula is C19H19NO5S. The van der Waals surface area contributed by atoms with Gasteiger partial charge < -0.3 is 9.15 Å². The molecule has 0 saturated heterocycles. The van der Waals surface area contributed by atoms with E-state index in [2.05, 4.69) is 4.74 Å². The summed E-state index contributed by atoms with van der Waals surface area (Å²) in [6, 6.07) is 14.6. The lowest BCUT2D eigenvalue weighted by molar-refractivity contribution is 0.0600. The molecule has 3 rings (SSSR count). The van der Waals surface area contributed by atoms with E-state index in [0.717, 1.165) is 5.39 Å². The third kappa shape index (κ3) is 3.23. The molecule has 0 aliphatic heterocycles. The van der Waals surface area contributed by atoms with Gasteiger partial charge in [0.05, 0.1) is 23.6 Å². The molecule has 136 valence electrons. The minimum absolute atomic E-state index is 0.0193. The predicted octanol–water partition coefficient (Wildman–Crippen LogP) is 3.60. The third-order valence-electron chi connectivity index (χ3n) is 4.33. The highest BCUT2D eigenvalue weighted by Gasteiger charge is 2.29. The van der Waals surface area contributed by atoms with E-state index in [9.17, 15) is 13.2 Å². The Bertz CT molecular complexity index is 1020. The number of hydrogen-bond acceptors (Lipinski definition) is 5. The number of rotatable bonds is 5. The van der Waals surface area contributed by atoms with Crippen LogP contribution in [0.25, 0.3) is 11.0 Å². The molecule has 0 amide bonds. The second kappa shape index (κ2) is 6.93. The van der Waals surface area contributed by atoms with Crippen LogP contribution in [0.3, 0.4) is 0 Å². The minimum Gasteiger partial charge on any atom is -0.465 e. The van der Waals surface area contributed by atoms with Gasteiger partial charge in [0.25, 0.3) is 0 Å². The summed E-state index contributed by atoms with van der Waals surface area (Å²) in [6.45, 7) is 1.75. The zero-order valence-corrected chi connectivity index (χ0v) is 15.5. The Hall–Kier alpha value is -2.64. The summed E-state index contributed by atoms with van der Waals surface area (Å²) in [5, 5.41) is 0.910. The van der Waals surface area contributed by atoms with Crippen molar-refractivity contribution in [3.8, 4) is 0 Å². The molecule has 0 aliphatic carbocycles. The molecule has 1 aromatic heterocycles. The van der Waals surface area contributed by atoms with Gasteiger partial charge in [-0.1, -0.05) is 24.3 Å². The van der Waals surface area contributed by atoms with Crippen LogP contribution in [-0.2, 0) is 14.8 Å². The predicted molar refractivity (Wildman–Crippen MR) is 97.4 cm³/mol. The van der Waals surface area contributed by atoms with E-state index in [4.69, 9.17) is 4.42 Å². The molecule has 3 aromatic rings. The van der Waals surface area contributed by atoms with Crippen LogP contribution < -0.4 is 0 Å². The number of carbonyl (C=O) groups excluding carboxylic acids is 1. The summed E-state index contributed by atoms with van der Waals surface area (Å²) in [4.78, 5) is 11.7. The fourth-order valence-corrected chi connectivity index (χ4v) is 4.04. The van der Waals surface area contributed by atoms with E-state index in [0.29, 0.717) is 11.3 Å². The van der Waals surface area contributed by atoms with Gasteiger partial charge >= 0.3 is 5.97 Å². The number of esters is 1. The minimum atomic E-state index is -3.82. The summed E-state index contributed by atoms with van der Waals surface area (Å²) < 4.78 is 37.6. The maximum Gasteiger partial charge on any atom is 0.337 e. The molecule has 26 heavy (non-hydrogen) atoms. The van der Waals surface area contributed by atoms with Gasteiger partial charge in [-0.25, -0.2) is 13.2 Å². The van der Waals surface area contributed by atoms with Crippen molar-refractivity contribution in [2.75, 3.05) is 14.2 Å². The fraction of sp³-hybridized carbons (Fsp3) is 0.211. The molecule has 0 N–H and O–H groups in total. The molecule has 1 heterocycles. The van der Waals surface area contributed by atoms with Crippen LogP contribution in [0, 0.1) is 0 Å². The number of sulfonamides is 1. The largest absolute Gasteiger partial charge is 0.465 e. The van der Waals surface area contributed by atoms with Crippen LogP contribution in [0.2, 0.25) is 0 Å². The van der Waals surface area contributed by atoms with Gasteiger partial charge in [0, 0.05) is 12.4 Å². The molecule has 2 aromatic carbocycles. The van der Waals surface area contributed by atoms with Crippen LogP contribution in [0.4, 0.5) is 0 Å². The molecule has 0 radical (unpaired) electrons. The topological polar surface area (TPSA) is 76.8 Å². The van der Waals surface area contributed by atoms with Crippen LogP contribution >= 0.6 is 0 Å². The normalized spacial score (nSPS) is 13.1. The van der Waals surface area contributed by atoms with Crippen LogP contribution in [0.15, 0.2) is 63.9 Å². The number of furan rings is 1. The van der Waals surface area contributed by atoms with E-state index in [1.807, 2.05) is 30.3 Å². The number of para-hydroxylation sites is 1. The Morgan fingerprint density at radius 3 is 2.54 bits per heavy atom. The molecule has 7 heteroatoms. The first-order chi connectivity index (χ1) is 12.3. The zero-order valence-electron chi connectivity index (χ0n) is 14.7. The van der Waals surface area contributed by atoms with Crippen LogP contribution in [0.5, 0.6) is 0 Å². The number of ether oxygens (including phenoxy) is 1. The van der Waals surface area contributed by atoms with Crippen LogP contribution in [0.1, 0.15) is 29.1 Å². The summed E-state index contributed by atoms with van der Waals surface area (Å²) in [6.07, 6.45) is 0. The molecule has 6 nitrogen and oxygen atoms in total. The smallest absolute Gasteiger partial charge is 0.337 e. The lowest BCUT2D eigenvalue weighted by atomic mass is 10.2. The summed E-state index contributed by atoms with van der Waals surface area (Å²) in [7, 11) is -1.09. The standard InChI is InChI=1S/C19H19NO5S/c1-13(18-12-14-7-4-5-10-17(14)25-18)20(2)26(22,23)16-9-6-8-15(11-16)19(21)24-3/h4-13H,1-3H3. The van der Waals surface area contributed by atoms with E-state index in [-0.39, 0.29) is 10.5 Å². The van der Waals surface area contributed by atoms with Crippen molar-refractivity contribution in [3.63, 3.8) is 0 Å². The van der Waals surface area contributed by atoms with Crippen LogP contribution in [-0.4, -0.2) is 32.8 Å². The highest BCUT2D eigenvalue weighted by molar-refractivity contribution is 7.89. The maximum atomic E-state index is 13.0.